The molecule has 0 aliphatic carbocycles. The molecule has 0 unspecified atom stereocenters. The Bertz CT molecular complexity index is 1810. The van der Waals surface area contributed by atoms with Gasteiger partial charge >= 0.3 is 5.69 Å². The highest BCUT2D eigenvalue weighted by Gasteiger charge is 2.23. The monoisotopic (exact) mass is 599 g/mol. The molecule has 1 amide bonds. The number of fused-ring (bicyclic) bond motifs is 1. The van der Waals surface area contributed by atoms with Crippen LogP contribution < -0.4 is 15.0 Å². The number of aryl methyl sites for hydroxylation is 1. The van der Waals surface area contributed by atoms with Gasteiger partial charge in [0.1, 0.15) is 5.75 Å². The lowest BCUT2D eigenvalue weighted by molar-refractivity contribution is -0.385. The van der Waals surface area contributed by atoms with Crippen molar-refractivity contribution in [1.82, 2.24) is 14.6 Å². The Morgan fingerprint density at radius 1 is 1.16 bits per heavy atom. The summed E-state index contributed by atoms with van der Waals surface area (Å²) in [4.78, 5) is 44.3. The first-order valence-electron chi connectivity index (χ1n) is 14.2. The molecule has 0 bridgehead atoms. The Hall–Kier alpha value is -5.10. The molecule has 0 spiro atoms. The van der Waals surface area contributed by atoms with Crippen LogP contribution in [0.2, 0.25) is 0 Å². The van der Waals surface area contributed by atoms with Crippen LogP contribution in [0.25, 0.3) is 22.3 Å². The van der Waals surface area contributed by atoms with Crippen molar-refractivity contribution in [2.24, 2.45) is 5.10 Å². The predicted molar refractivity (Wildman–Crippen MR) is 166 cm³/mol. The topological polar surface area (TPSA) is 138 Å². The van der Waals surface area contributed by atoms with E-state index in [2.05, 4.69) is 5.10 Å². The van der Waals surface area contributed by atoms with Crippen LogP contribution in [0.5, 0.6) is 11.5 Å². The van der Waals surface area contributed by atoms with E-state index in [-0.39, 0.29) is 28.8 Å². The summed E-state index contributed by atoms with van der Waals surface area (Å²) in [6, 6.07) is 15.2. The summed E-state index contributed by atoms with van der Waals surface area (Å²) in [5, 5.41) is 16.8. The molecule has 3 aromatic carbocycles. The van der Waals surface area contributed by atoms with Gasteiger partial charge in [-0.05, 0) is 54.3 Å². The fraction of sp³-hybridized carbons (Fsp3) is 0.312. The molecular formula is C32H33N5O7. The minimum Gasteiger partial charge on any atom is -0.496 e. The fourth-order valence-corrected chi connectivity index (χ4v) is 5.07. The first kappa shape index (κ1) is 30.4. The normalized spacial score (nSPS) is 13.5. The second kappa shape index (κ2) is 13.0. The number of amides is 1. The van der Waals surface area contributed by atoms with Gasteiger partial charge in [0, 0.05) is 30.3 Å². The fourth-order valence-electron chi connectivity index (χ4n) is 5.07. The lowest BCUT2D eigenvalue weighted by Gasteiger charge is -2.26. The van der Waals surface area contributed by atoms with Gasteiger partial charge in [0.05, 0.1) is 42.4 Å². The largest absolute Gasteiger partial charge is 0.496 e. The number of para-hydroxylation sites is 2. The van der Waals surface area contributed by atoms with Gasteiger partial charge < -0.3 is 19.1 Å². The number of nitrogens with zero attached hydrogens (tertiary/aromatic N) is 5. The van der Waals surface area contributed by atoms with Crippen molar-refractivity contribution >= 4 is 28.7 Å². The minimum atomic E-state index is -0.588. The highest BCUT2D eigenvalue weighted by molar-refractivity contribution is 5.87. The molecule has 4 aromatic rings. The molecule has 0 radical (unpaired) electrons. The summed E-state index contributed by atoms with van der Waals surface area (Å²) in [6.45, 7) is 7.24. The first-order valence-corrected chi connectivity index (χ1v) is 14.2. The van der Waals surface area contributed by atoms with Crippen LogP contribution in [0.4, 0.5) is 5.69 Å². The lowest BCUT2D eigenvalue weighted by Crippen LogP contribution is -2.43. The van der Waals surface area contributed by atoms with E-state index in [9.17, 15) is 19.7 Å². The van der Waals surface area contributed by atoms with E-state index in [1.807, 2.05) is 32.9 Å². The van der Waals surface area contributed by atoms with Gasteiger partial charge in [-0.3, -0.25) is 19.7 Å². The quantitative estimate of drug-likeness (QED) is 0.155. The van der Waals surface area contributed by atoms with Gasteiger partial charge in [0.15, 0.2) is 12.4 Å². The van der Waals surface area contributed by atoms with Gasteiger partial charge in [-0.2, -0.15) is 9.78 Å². The molecule has 0 saturated carbocycles. The number of ether oxygens (including phenoxy) is 3. The maximum absolute atomic E-state index is 13.8. The van der Waals surface area contributed by atoms with Crippen LogP contribution in [0.1, 0.15) is 36.5 Å². The van der Waals surface area contributed by atoms with Gasteiger partial charge in [-0.25, -0.2) is 4.98 Å². The Morgan fingerprint density at radius 3 is 2.61 bits per heavy atom. The smallest absolute Gasteiger partial charge is 0.311 e. The van der Waals surface area contributed by atoms with Crippen molar-refractivity contribution in [3.63, 3.8) is 0 Å². The molecule has 1 aromatic heterocycles. The van der Waals surface area contributed by atoms with E-state index in [4.69, 9.17) is 19.2 Å². The zero-order valence-electron chi connectivity index (χ0n) is 25.0. The molecule has 1 aliphatic rings. The number of nitro benzene ring substituents is 1. The lowest BCUT2D eigenvalue weighted by atomic mass is 9.96. The third kappa shape index (κ3) is 6.16. The zero-order valence-corrected chi connectivity index (χ0v) is 25.0. The molecule has 12 nitrogen and oxygen atoms in total. The van der Waals surface area contributed by atoms with Crippen LogP contribution >= 0.6 is 0 Å². The highest BCUT2D eigenvalue weighted by Crippen LogP contribution is 2.34. The van der Waals surface area contributed by atoms with Gasteiger partial charge in [-0.1, -0.05) is 32.0 Å². The van der Waals surface area contributed by atoms with Gasteiger partial charge in [-0.15, -0.1) is 0 Å². The summed E-state index contributed by atoms with van der Waals surface area (Å²) in [7, 11) is 1.61. The van der Waals surface area contributed by atoms with Crippen LogP contribution in [-0.4, -0.2) is 71.6 Å². The highest BCUT2D eigenvalue weighted by atomic mass is 16.6. The second-order valence-electron chi connectivity index (χ2n) is 10.6. The molecule has 0 atom stereocenters. The molecule has 44 heavy (non-hydrogen) atoms. The molecular weight excluding hydrogens is 566 g/mol. The maximum Gasteiger partial charge on any atom is 0.311 e. The van der Waals surface area contributed by atoms with Crippen molar-refractivity contribution in [3.8, 4) is 22.9 Å². The van der Waals surface area contributed by atoms with E-state index >= 15 is 0 Å². The van der Waals surface area contributed by atoms with Gasteiger partial charge in [0.25, 0.3) is 11.5 Å². The van der Waals surface area contributed by atoms with E-state index in [1.54, 1.807) is 42.3 Å². The van der Waals surface area contributed by atoms with Crippen LogP contribution in [-0.2, 0) is 9.53 Å². The molecule has 12 heteroatoms. The number of benzene rings is 3. The SMILES string of the molecule is COc1cc(C)c(-c2nc3ccccc3c(=O)n2N=Cc2cccc([N+](=O)[O-])c2OCC(=O)N2CCOCC2)cc1C(C)C. The summed E-state index contributed by atoms with van der Waals surface area (Å²) in [5.74, 6) is 0.696. The number of morpholine rings is 1. The van der Waals surface area contributed by atoms with Crippen molar-refractivity contribution in [2.45, 2.75) is 26.7 Å². The number of hydrogen-bond acceptors (Lipinski definition) is 9. The molecule has 2 heterocycles. The van der Waals surface area contributed by atoms with Crippen molar-refractivity contribution in [2.75, 3.05) is 40.0 Å². The molecule has 5 rings (SSSR count). The predicted octanol–water partition coefficient (Wildman–Crippen LogP) is 4.53. The Morgan fingerprint density at radius 2 is 1.91 bits per heavy atom. The van der Waals surface area contributed by atoms with Crippen LogP contribution in [0, 0.1) is 17.0 Å². The van der Waals surface area contributed by atoms with Crippen molar-refractivity contribution < 1.29 is 23.9 Å². The van der Waals surface area contributed by atoms with E-state index in [0.717, 1.165) is 16.9 Å². The van der Waals surface area contributed by atoms with Crippen molar-refractivity contribution in [1.29, 1.82) is 0 Å². The summed E-state index contributed by atoms with van der Waals surface area (Å²) in [5.41, 5.74) is 2.40. The van der Waals surface area contributed by atoms with Crippen molar-refractivity contribution in [3.05, 3.63) is 91.8 Å². The maximum atomic E-state index is 13.8. The third-order valence-corrected chi connectivity index (χ3v) is 7.43. The first-order chi connectivity index (χ1) is 21.2. The second-order valence-corrected chi connectivity index (χ2v) is 10.6. The minimum absolute atomic E-state index is 0.123. The molecule has 1 saturated heterocycles. The summed E-state index contributed by atoms with van der Waals surface area (Å²) < 4.78 is 17.8. The number of methoxy groups -OCH3 is 1. The standard InChI is InChI=1S/C32H33N5O7/c1-20(2)24-17-25(21(3)16-28(24)42-4)31-34-26-10-6-5-9-23(26)32(39)36(31)33-18-22-8-7-11-27(37(40)41)30(22)44-19-29(38)35-12-14-43-15-13-35/h5-11,16-18,20H,12-15,19H2,1-4H3. The molecule has 0 N–H and O–H groups in total. The van der Waals surface area contributed by atoms with Crippen LogP contribution in [0.15, 0.2) is 64.5 Å². The Balaban J connectivity index is 1.62. The summed E-state index contributed by atoms with van der Waals surface area (Å²) >= 11 is 0. The molecule has 1 fully saturated rings. The number of aromatic nitrogens is 2. The number of rotatable bonds is 9. The average molecular weight is 600 g/mol. The zero-order chi connectivity index (χ0) is 31.4. The Labute approximate surface area is 253 Å². The van der Waals surface area contributed by atoms with E-state index in [1.165, 1.54) is 23.0 Å². The average Bonchev–Trinajstić information content (AvgIpc) is 3.03. The third-order valence-electron chi connectivity index (χ3n) is 7.43. The van der Waals surface area contributed by atoms with Gasteiger partial charge in [0.2, 0.25) is 5.75 Å². The number of carbonyl (C=O) groups is 1. The van der Waals surface area contributed by atoms with E-state index < -0.39 is 17.1 Å². The van der Waals surface area contributed by atoms with Crippen LogP contribution in [0.3, 0.4) is 0 Å². The molecule has 228 valence electrons. The van der Waals surface area contributed by atoms with E-state index in [0.29, 0.717) is 48.6 Å². The summed E-state index contributed by atoms with van der Waals surface area (Å²) in [6.07, 6.45) is 1.31. The number of carbonyl (C=O) groups excluding carboxylic acids is 1. The Kier molecular flexibility index (Phi) is 9.00. The molecule has 1 aliphatic heterocycles. The number of nitro groups is 1. The number of hydrogen-bond donors (Lipinski definition) is 0.